The molecule has 0 unspecified atom stereocenters. The van der Waals surface area contributed by atoms with Gasteiger partial charge in [0.15, 0.2) is 17.8 Å². The van der Waals surface area contributed by atoms with E-state index in [0.717, 1.165) is 0 Å². The Labute approximate surface area is 106 Å². The fourth-order valence-electron chi connectivity index (χ4n) is 1.84. The molecule has 7 heteroatoms. The second kappa shape index (κ2) is 3.92. The summed E-state index contributed by atoms with van der Waals surface area (Å²) in [5.41, 5.74) is 6.98. The van der Waals surface area contributed by atoms with Crippen LogP contribution in [0.25, 0.3) is 11.1 Å². The molecule has 0 radical (unpaired) electrons. The standard InChI is InChI=1S/C11H7ClN2O4/c12-7-1-5(3-15)9-10(17-4-16-9)8(7)6-2-14-18-11(6)13/h1-3H,4,13H2. The van der Waals surface area contributed by atoms with Crippen LogP contribution in [0, 0.1) is 0 Å². The molecule has 2 aromatic rings. The fraction of sp³-hybridized carbons (Fsp3) is 0.0909. The number of hydrogen-bond donors (Lipinski definition) is 1. The normalized spacial score (nSPS) is 12.7. The van der Waals surface area contributed by atoms with Gasteiger partial charge in [-0.05, 0) is 6.07 Å². The third-order valence-corrected chi connectivity index (χ3v) is 2.92. The largest absolute Gasteiger partial charge is 0.453 e. The molecule has 2 N–H and O–H groups in total. The van der Waals surface area contributed by atoms with Gasteiger partial charge in [0, 0.05) is 0 Å². The first kappa shape index (κ1) is 10.9. The molecule has 1 aromatic carbocycles. The highest BCUT2D eigenvalue weighted by molar-refractivity contribution is 6.34. The van der Waals surface area contributed by atoms with E-state index in [1.807, 2.05) is 0 Å². The first-order valence-electron chi connectivity index (χ1n) is 5.00. The van der Waals surface area contributed by atoms with Gasteiger partial charge in [-0.1, -0.05) is 16.8 Å². The number of carbonyl (C=O) groups excluding carboxylic acids is 1. The van der Waals surface area contributed by atoms with Crippen LogP contribution in [0.5, 0.6) is 11.5 Å². The Morgan fingerprint density at radius 2 is 2.17 bits per heavy atom. The van der Waals surface area contributed by atoms with Crippen molar-refractivity contribution in [2.75, 3.05) is 12.5 Å². The van der Waals surface area contributed by atoms with Gasteiger partial charge in [0.05, 0.1) is 27.9 Å². The van der Waals surface area contributed by atoms with Gasteiger partial charge in [-0.3, -0.25) is 4.79 Å². The summed E-state index contributed by atoms with van der Waals surface area (Å²) in [7, 11) is 0. The van der Waals surface area contributed by atoms with Gasteiger partial charge in [0.25, 0.3) is 0 Å². The van der Waals surface area contributed by atoms with Crippen LogP contribution in [-0.4, -0.2) is 18.2 Å². The molecule has 1 aliphatic rings. The fourth-order valence-corrected chi connectivity index (χ4v) is 2.14. The van der Waals surface area contributed by atoms with E-state index in [2.05, 4.69) is 5.16 Å². The van der Waals surface area contributed by atoms with Gasteiger partial charge in [-0.15, -0.1) is 0 Å². The van der Waals surface area contributed by atoms with Gasteiger partial charge >= 0.3 is 0 Å². The summed E-state index contributed by atoms with van der Waals surface area (Å²) in [6, 6.07) is 1.49. The number of aromatic nitrogens is 1. The Balaban J connectivity index is 2.31. The Morgan fingerprint density at radius 1 is 1.39 bits per heavy atom. The molecule has 18 heavy (non-hydrogen) atoms. The molecule has 92 valence electrons. The van der Waals surface area contributed by atoms with Crippen molar-refractivity contribution in [1.29, 1.82) is 0 Å². The average Bonchev–Trinajstić information content (AvgIpc) is 2.97. The van der Waals surface area contributed by atoms with E-state index in [1.54, 1.807) is 0 Å². The molecular weight excluding hydrogens is 260 g/mol. The van der Waals surface area contributed by atoms with Crippen molar-refractivity contribution >= 4 is 23.8 Å². The Bertz CT molecular complexity index is 638. The minimum atomic E-state index is 0.0225. The zero-order valence-corrected chi connectivity index (χ0v) is 9.73. The third kappa shape index (κ3) is 1.42. The lowest BCUT2D eigenvalue weighted by Crippen LogP contribution is -1.94. The number of anilines is 1. The van der Waals surface area contributed by atoms with Crippen LogP contribution in [0.2, 0.25) is 5.02 Å². The summed E-state index contributed by atoms with van der Waals surface area (Å²) < 4.78 is 15.4. The van der Waals surface area contributed by atoms with Crippen LogP contribution in [0.4, 0.5) is 5.88 Å². The molecule has 3 rings (SSSR count). The van der Waals surface area contributed by atoms with E-state index in [-0.39, 0.29) is 12.7 Å². The highest BCUT2D eigenvalue weighted by Crippen LogP contribution is 2.48. The van der Waals surface area contributed by atoms with Crippen molar-refractivity contribution < 1.29 is 18.8 Å². The SMILES string of the molecule is Nc1oncc1-c1c(Cl)cc(C=O)c2c1OCO2. The molecule has 2 heterocycles. The van der Waals surface area contributed by atoms with Crippen LogP contribution >= 0.6 is 11.6 Å². The lowest BCUT2D eigenvalue weighted by molar-refractivity contribution is 0.111. The number of carbonyl (C=O) groups is 1. The summed E-state index contributed by atoms with van der Waals surface area (Å²) in [5, 5.41) is 3.90. The van der Waals surface area contributed by atoms with Gasteiger partial charge in [-0.25, -0.2) is 0 Å². The number of halogens is 1. The highest BCUT2D eigenvalue weighted by Gasteiger charge is 2.27. The summed E-state index contributed by atoms with van der Waals surface area (Å²) in [5.74, 6) is 0.845. The maximum atomic E-state index is 10.9. The lowest BCUT2D eigenvalue weighted by Gasteiger charge is -2.08. The highest BCUT2D eigenvalue weighted by atomic mass is 35.5. The van der Waals surface area contributed by atoms with E-state index in [0.29, 0.717) is 39.5 Å². The molecule has 0 spiro atoms. The molecule has 6 nitrogen and oxygen atoms in total. The van der Waals surface area contributed by atoms with Crippen molar-refractivity contribution in [1.82, 2.24) is 5.16 Å². The number of aldehydes is 1. The van der Waals surface area contributed by atoms with Gasteiger partial charge in [0.2, 0.25) is 12.7 Å². The van der Waals surface area contributed by atoms with Gasteiger partial charge < -0.3 is 19.7 Å². The molecule has 0 fully saturated rings. The van der Waals surface area contributed by atoms with E-state index in [1.165, 1.54) is 12.3 Å². The Hall–Kier alpha value is -2.21. The van der Waals surface area contributed by atoms with Crippen molar-refractivity contribution in [3.63, 3.8) is 0 Å². The second-order valence-electron chi connectivity index (χ2n) is 3.61. The summed E-state index contributed by atoms with van der Waals surface area (Å²) >= 11 is 6.14. The van der Waals surface area contributed by atoms with Gasteiger partial charge in [0.1, 0.15) is 0 Å². The number of benzene rings is 1. The van der Waals surface area contributed by atoms with E-state index >= 15 is 0 Å². The average molecular weight is 267 g/mol. The minimum absolute atomic E-state index is 0.0225. The van der Waals surface area contributed by atoms with Crippen molar-refractivity contribution in [2.24, 2.45) is 0 Å². The molecule has 0 bridgehead atoms. The molecule has 1 aromatic heterocycles. The first-order chi connectivity index (χ1) is 8.72. The number of fused-ring (bicyclic) bond motifs is 1. The zero-order valence-electron chi connectivity index (χ0n) is 8.97. The lowest BCUT2D eigenvalue weighted by atomic mass is 10.0. The van der Waals surface area contributed by atoms with Crippen molar-refractivity contribution in [2.45, 2.75) is 0 Å². The van der Waals surface area contributed by atoms with Crippen LogP contribution < -0.4 is 15.2 Å². The first-order valence-corrected chi connectivity index (χ1v) is 5.38. The van der Waals surface area contributed by atoms with Crippen LogP contribution in [0.15, 0.2) is 16.8 Å². The second-order valence-corrected chi connectivity index (χ2v) is 4.02. The number of ether oxygens (including phenoxy) is 2. The number of nitrogens with zero attached hydrogens (tertiary/aromatic N) is 1. The predicted octanol–water partition coefficient (Wildman–Crippen LogP) is 2.12. The quantitative estimate of drug-likeness (QED) is 0.838. The molecule has 0 saturated carbocycles. The molecule has 0 amide bonds. The number of hydrogen-bond acceptors (Lipinski definition) is 6. The number of nitrogen functional groups attached to an aromatic ring is 1. The van der Waals surface area contributed by atoms with Crippen molar-refractivity contribution in [3.05, 3.63) is 22.8 Å². The summed E-state index contributed by atoms with van der Waals surface area (Å²) in [6.07, 6.45) is 2.08. The predicted molar refractivity (Wildman–Crippen MR) is 62.9 cm³/mol. The van der Waals surface area contributed by atoms with Crippen LogP contribution in [0.3, 0.4) is 0 Å². The number of rotatable bonds is 2. The van der Waals surface area contributed by atoms with Gasteiger partial charge in [-0.2, -0.15) is 0 Å². The Kier molecular flexibility index (Phi) is 2.38. The smallest absolute Gasteiger partial charge is 0.231 e. The van der Waals surface area contributed by atoms with Crippen LogP contribution in [-0.2, 0) is 0 Å². The third-order valence-electron chi connectivity index (χ3n) is 2.62. The maximum Gasteiger partial charge on any atom is 0.231 e. The monoisotopic (exact) mass is 266 g/mol. The molecule has 0 saturated heterocycles. The van der Waals surface area contributed by atoms with E-state index < -0.39 is 0 Å². The summed E-state index contributed by atoms with van der Waals surface area (Å²) in [4.78, 5) is 10.9. The maximum absolute atomic E-state index is 10.9. The molecular formula is C11H7ClN2O4. The molecule has 0 aliphatic carbocycles. The Morgan fingerprint density at radius 3 is 2.83 bits per heavy atom. The minimum Gasteiger partial charge on any atom is -0.453 e. The molecule has 0 atom stereocenters. The van der Waals surface area contributed by atoms with Crippen LogP contribution in [0.1, 0.15) is 10.4 Å². The molecule has 1 aliphatic heterocycles. The zero-order chi connectivity index (χ0) is 12.7. The summed E-state index contributed by atoms with van der Waals surface area (Å²) in [6.45, 7) is 0.0225. The van der Waals surface area contributed by atoms with E-state index in [9.17, 15) is 4.79 Å². The van der Waals surface area contributed by atoms with E-state index in [4.69, 9.17) is 31.3 Å². The van der Waals surface area contributed by atoms with Crippen molar-refractivity contribution in [3.8, 4) is 22.6 Å². The number of nitrogens with two attached hydrogens (primary N) is 1. The topological polar surface area (TPSA) is 87.6 Å².